The fraction of sp³-hybridized carbons (Fsp3) is 0.231. The molecule has 1 atom stereocenters. The molecule has 0 saturated carbocycles. The first-order valence-corrected chi connectivity index (χ1v) is 10.9. The van der Waals surface area contributed by atoms with E-state index in [1.807, 2.05) is 36.4 Å². The van der Waals surface area contributed by atoms with Crippen molar-refractivity contribution in [2.75, 3.05) is 26.1 Å². The Morgan fingerprint density at radius 3 is 2.65 bits per heavy atom. The molecule has 2 amide bonds. The third-order valence-corrected chi connectivity index (χ3v) is 5.48. The summed E-state index contributed by atoms with van der Waals surface area (Å²) >= 11 is 0. The standard InChI is InChI=1S/C26H26FN3O4/c1-32-21-7-5-6-18(14-21)16-30(26(31)28-23-8-3-4-9-25(23)33-2)17-22-15-24(29-34-22)19-10-12-20(27)13-11-19/h3-14,22H,15-17H2,1-2H3,(H,28,31)/t22-/m0/s1. The largest absolute Gasteiger partial charge is 0.497 e. The van der Waals surface area contributed by atoms with Crippen molar-refractivity contribution in [1.82, 2.24) is 4.90 Å². The van der Waals surface area contributed by atoms with Crippen LogP contribution in [-0.4, -0.2) is 43.5 Å². The van der Waals surface area contributed by atoms with E-state index in [1.165, 1.54) is 12.1 Å². The van der Waals surface area contributed by atoms with E-state index >= 15 is 0 Å². The average Bonchev–Trinajstić information content (AvgIpc) is 3.33. The number of ether oxygens (including phenoxy) is 2. The summed E-state index contributed by atoms with van der Waals surface area (Å²) in [6.45, 7) is 0.635. The number of rotatable bonds is 8. The Hall–Kier alpha value is -4.07. The molecule has 0 bridgehead atoms. The number of nitrogens with one attached hydrogen (secondary N) is 1. The Balaban J connectivity index is 1.50. The second kappa shape index (κ2) is 10.7. The maximum absolute atomic E-state index is 13.3. The molecule has 8 heteroatoms. The molecule has 0 radical (unpaired) electrons. The Bertz CT molecular complexity index is 1170. The maximum atomic E-state index is 13.3. The molecule has 3 aromatic rings. The highest BCUT2D eigenvalue weighted by atomic mass is 19.1. The molecule has 7 nitrogen and oxygen atoms in total. The van der Waals surface area contributed by atoms with Crippen LogP contribution in [0.3, 0.4) is 0 Å². The first kappa shape index (κ1) is 23.1. The van der Waals surface area contributed by atoms with Crippen LogP contribution in [0.15, 0.2) is 78.0 Å². The van der Waals surface area contributed by atoms with E-state index in [1.54, 1.807) is 43.4 Å². The van der Waals surface area contributed by atoms with E-state index in [2.05, 4.69) is 10.5 Å². The summed E-state index contributed by atoms with van der Waals surface area (Å²) < 4.78 is 23.9. The second-order valence-electron chi connectivity index (χ2n) is 7.84. The molecule has 3 aromatic carbocycles. The zero-order chi connectivity index (χ0) is 23.9. The zero-order valence-electron chi connectivity index (χ0n) is 19.0. The number of hydrogen-bond donors (Lipinski definition) is 1. The smallest absolute Gasteiger partial charge is 0.322 e. The summed E-state index contributed by atoms with van der Waals surface area (Å²) in [5, 5.41) is 7.10. The molecule has 1 aliphatic heterocycles. The van der Waals surface area contributed by atoms with Crippen molar-refractivity contribution in [3.63, 3.8) is 0 Å². The predicted octanol–water partition coefficient (Wildman–Crippen LogP) is 5.07. The number of para-hydroxylation sites is 2. The topological polar surface area (TPSA) is 72.4 Å². The molecule has 1 heterocycles. The van der Waals surface area contributed by atoms with E-state index in [4.69, 9.17) is 14.3 Å². The van der Waals surface area contributed by atoms with Crippen LogP contribution in [-0.2, 0) is 11.4 Å². The lowest BCUT2D eigenvalue weighted by Gasteiger charge is -2.26. The van der Waals surface area contributed by atoms with Crippen molar-refractivity contribution in [2.24, 2.45) is 5.16 Å². The molecule has 4 rings (SSSR count). The molecule has 1 N–H and O–H groups in total. The van der Waals surface area contributed by atoms with E-state index < -0.39 is 0 Å². The first-order chi connectivity index (χ1) is 16.6. The van der Waals surface area contributed by atoms with Gasteiger partial charge in [-0.3, -0.25) is 0 Å². The quantitative estimate of drug-likeness (QED) is 0.506. The maximum Gasteiger partial charge on any atom is 0.322 e. The summed E-state index contributed by atoms with van der Waals surface area (Å²) in [5.74, 6) is 0.968. The summed E-state index contributed by atoms with van der Waals surface area (Å²) in [5.41, 5.74) is 2.99. The average molecular weight is 464 g/mol. The van der Waals surface area contributed by atoms with Gasteiger partial charge >= 0.3 is 6.03 Å². The highest BCUT2D eigenvalue weighted by Crippen LogP contribution is 2.25. The number of carbonyl (C=O) groups excluding carboxylic acids is 1. The van der Waals surface area contributed by atoms with E-state index in [0.29, 0.717) is 36.7 Å². The monoisotopic (exact) mass is 463 g/mol. The van der Waals surface area contributed by atoms with Crippen molar-refractivity contribution < 1.29 is 23.5 Å². The molecule has 0 saturated heterocycles. The van der Waals surface area contributed by atoms with Crippen LogP contribution in [0, 0.1) is 5.82 Å². The van der Waals surface area contributed by atoms with Crippen LogP contribution < -0.4 is 14.8 Å². The SMILES string of the molecule is COc1cccc(CN(C[C@@H]2CC(c3ccc(F)cc3)=NO2)C(=O)Nc2ccccc2OC)c1. The lowest BCUT2D eigenvalue weighted by molar-refractivity contribution is 0.0608. The Morgan fingerprint density at radius 2 is 1.88 bits per heavy atom. The minimum Gasteiger partial charge on any atom is -0.497 e. The van der Waals surface area contributed by atoms with Gasteiger partial charge in [0.25, 0.3) is 0 Å². The van der Waals surface area contributed by atoms with Crippen LogP contribution in [0.5, 0.6) is 11.5 Å². The van der Waals surface area contributed by atoms with Crippen molar-refractivity contribution in [3.05, 3.63) is 89.7 Å². The van der Waals surface area contributed by atoms with Crippen LogP contribution in [0.2, 0.25) is 0 Å². The molecule has 0 aromatic heterocycles. The minimum atomic E-state index is -0.339. The Kier molecular flexibility index (Phi) is 7.27. The summed E-state index contributed by atoms with van der Waals surface area (Å²) in [6, 6.07) is 20.6. The lowest BCUT2D eigenvalue weighted by Crippen LogP contribution is -2.40. The molecule has 176 valence electrons. The van der Waals surface area contributed by atoms with Gasteiger partial charge in [0.05, 0.1) is 32.2 Å². The predicted molar refractivity (Wildman–Crippen MR) is 128 cm³/mol. The Morgan fingerprint density at radius 1 is 1.09 bits per heavy atom. The van der Waals surface area contributed by atoms with E-state index in [0.717, 1.165) is 16.8 Å². The zero-order valence-corrected chi connectivity index (χ0v) is 19.0. The van der Waals surface area contributed by atoms with Crippen molar-refractivity contribution >= 4 is 17.4 Å². The summed E-state index contributed by atoms with van der Waals surface area (Å²) in [4.78, 5) is 20.6. The lowest BCUT2D eigenvalue weighted by atomic mass is 10.0. The molecule has 1 aliphatic rings. The third kappa shape index (κ3) is 5.64. The van der Waals surface area contributed by atoms with Gasteiger partial charge in [0.1, 0.15) is 17.3 Å². The van der Waals surface area contributed by atoms with Crippen molar-refractivity contribution in [2.45, 2.75) is 19.1 Å². The van der Waals surface area contributed by atoms with Crippen LogP contribution in [0.1, 0.15) is 17.5 Å². The fourth-order valence-electron chi connectivity index (χ4n) is 3.74. The third-order valence-electron chi connectivity index (χ3n) is 5.48. The molecule has 34 heavy (non-hydrogen) atoms. The van der Waals surface area contributed by atoms with Gasteiger partial charge in [-0.15, -0.1) is 0 Å². The number of amides is 2. The Labute approximate surface area is 197 Å². The number of methoxy groups -OCH3 is 2. The van der Waals surface area contributed by atoms with Gasteiger partial charge in [-0.2, -0.15) is 0 Å². The van der Waals surface area contributed by atoms with Gasteiger partial charge < -0.3 is 24.5 Å². The molecule has 0 spiro atoms. The van der Waals surface area contributed by atoms with E-state index in [9.17, 15) is 9.18 Å². The van der Waals surface area contributed by atoms with Crippen LogP contribution in [0.25, 0.3) is 0 Å². The fourth-order valence-corrected chi connectivity index (χ4v) is 3.74. The van der Waals surface area contributed by atoms with Gasteiger partial charge in [-0.05, 0) is 47.5 Å². The first-order valence-electron chi connectivity index (χ1n) is 10.9. The molecule has 0 aliphatic carbocycles. The molecule has 0 unspecified atom stereocenters. The van der Waals surface area contributed by atoms with Crippen LogP contribution >= 0.6 is 0 Å². The van der Waals surface area contributed by atoms with Crippen LogP contribution in [0.4, 0.5) is 14.9 Å². The molecule has 0 fully saturated rings. The number of carbonyl (C=O) groups is 1. The normalized spacial score (nSPS) is 14.7. The minimum absolute atomic E-state index is 0.298. The number of nitrogens with zero attached hydrogens (tertiary/aromatic N) is 2. The highest BCUT2D eigenvalue weighted by Gasteiger charge is 2.27. The summed E-state index contributed by atoms with van der Waals surface area (Å²) in [7, 11) is 3.16. The van der Waals surface area contributed by atoms with Crippen molar-refractivity contribution in [1.29, 1.82) is 0 Å². The number of anilines is 1. The highest BCUT2D eigenvalue weighted by molar-refractivity contribution is 6.01. The van der Waals surface area contributed by atoms with Gasteiger partial charge in [-0.1, -0.05) is 41.6 Å². The van der Waals surface area contributed by atoms with Crippen molar-refractivity contribution in [3.8, 4) is 11.5 Å². The van der Waals surface area contributed by atoms with Gasteiger partial charge in [-0.25, -0.2) is 9.18 Å². The van der Waals surface area contributed by atoms with Gasteiger partial charge in [0.15, 0.2) is 6.10 Å². The number of benzene rings is 3. The van der Waals surface area contributed by atoms with E-state index in [-0.39, 0.29) is 18.0 Å². The molecular weight excluding hydrogens is 437 g/mol. The number of urea groups is 1. The number of oxime groups is 1. The second-order valence-corrected chi connectivity index (χ2v) is 7.84. The molecular formula is C26H26FN3O4. The summed E-state index contributed by atoms with van der Waals surface area (Å²) in [6.07, 6.45) is 0.163. The number of halogens is 1. The van der Waals surface area contributed by atoms with Gasteiger partial charge in [0.2, 0.25) is 0 Å². The number of hydrogen-bond acceptors (Lipinski definition) is 5. The van der Waals surface area contributed by atoms with Gasteiger partial charge in [0, 0.05) is 13.0 Å².